The van der Waals surface area contributed by atoms with E-state index in [2.05, 4.69) is 43.3 Å². The van der Waals surface area contributed by atoms with Crippen molar-refractivity contribution in [1.82, 2.24) is 0 Å². The molecule has 2 nitrogen and oxygen atoms in total. The van der Waals surface area contributed by atoms with Crippen molar-refractivity contribution in [2.24, 2.45) is 5.73 Å². The van der Waals surface area contributed by atoms with Gasteiger partial charge in [0.2, 0.25) is 0 Å². The van der Waals surface area contributed by atoms with Crippen LogP contribution in [0.5, 0.6) is 11.5 Å². The molecule has 0 bridgehead atoms. The van der Waals surface area contributed by atoms with Crippen LogP contribution in [-0.2, 0) is 6.42 Å². The summed E-state index contributed by atoms with van der Waals surface area (Å²) < 4.78 is 5.97. The van der Waals surface area contributed by atoms with E-state index in [1.807, 2.05) is 24.3 Å². The summed E-state index contributed by atoms with van der Waals surface area (Å²) >= 11 is 0. The number of fused-ring (bicyclic) bond motifs is 1. The highest BCUT2D eigenvalue weighted by Crippen LogP contribution is 2.27. The lowest BCUT2D eigenvalue weighted by atomic mass is 10.1. The molecule has 0 radical (unpaired) electrons. The Hall–Kier alpha value is -2.32. The minimum Gasteiger partial charge on any atom is -0.457 e. The lowest BCUT2D eigenvalue weighted by Gasteiger charge is -2.10. The third-order valence-electron chi connectivity index (χ3n) is 3.68. The number of hydrogen-bond donors (Lipinski definition) is 1. The van der Waals surface area contributed by atoms with Gasteiger partial charge in [0.15, 0.2) is 0 Å². The maximum absolute atomic E-state index is 5.97. The average molecular weight is 277 g/mol. The number of nitrogens with two attached hydrogens (primary N) is 1. The summed E-state index contributed by atoms with van der Waals surface area (Å²) in [6.45, 7) is 2.77. The minimum absolute atomic E-state index is 0.672. The van der Waals surface area contributed by atoms with Crippen molar-refractivity contribution in [3.63, 3.8) is 0 Å². The Morgan fingerprint density at radius 2 is 1.57 bits per heavy atom. The molecule has 2 heteroatoms. The van der Waals surface area contributed by atoms with Crippen molar-refractivity contribution in [1.29, 1.82) is 0 Å². The molecule has 0 saturated carbocycles. The van der Waals surface area contributed by atoms with Crippen molar-refractivity contribution >= 4 is 10.8 Å². The predicted octanol–water partition coefficient (Wildman–Crippen LogP) is 4.44. The topological polar surface area (TPSA) is 35.2 Å². The number of hydrogen-bond acceptors (Lipinski definition) is 2. The summed E-state index contributed by atoms with van der Waals surface area (Å²) in [4.78, 5) is 0. The monoisotopic (exact) mass is 277 g/mol. The summed E-state index contributed by atoms with van der Waals surface area (Å²) in [7, 11) is 0. The summed E-state index contributed by atoms with van der Waals surface area (Å²) in [5, 5.41) is 2.41. The maximum Gasteiger partial charge on any atom is 0.128 e. The molecule has 106 valence electrons. The molecule has 3 rings (SSSR count). The third-order valence-corrected chi connectivity index (χ3v) is 3.68. The summed E-state index contributed by atoms with van der Waals surface area (Å²) in [6, 6.07) is 20.6. The van der Waals surface area contributed by atoms with Crippen molar-refractivity contribution in [2.45, 2.75) is 13.3 Å². The second-order valence-electron chi connectivity index (χ2n) is 5.24. The standard InChI is InChI=1S/C19H19NO/c1-14-12-18(8-6-15(14)10-11-20)21-19-9-7-16-4-2-3-5-17(16)13-19/h2-9,12-13H,10-11,20H2,1H3. The van der Waals surface area contributed by atoms with Crippen LogP contribution in [0.4, 0.5) is 0 Å². The van der Waals surface area contributed by atoms with Gasteiger partial charge in [-0.25, -0.2) is 0 Å². The van der Waals surface area contributed by atoms with Crippen LogP contribution in [-0.4, -0.2) is 6.54 Å². The minimum atomic E-state index is 0.672. The number of benzene rings is 3. The van der Waals surface area contributed by atoms with E-state index in [4.69, 9.17) is 10.5 Å². The molecule has 0 amide bonds. The maximum atomic E-state index is 5.97. The summed E-state index contributed by atoms with van der Waals surface area (Å²) in [5.74, 6) is 1.73. The normalized spacial score (nSPS) is 10.8. The highest BCUT2D eigenvalue weighted by molar-refractivity contribution is 5.83. The van der Waals surface area contributed by atoms with Gasteiger partial charge in [-0.2, -0.15) is 0 Å². The van der Waals surface area contributed by atoms with Gasteiger partial charge in [0.05, 0.1) is 0 Å². The zero-order valence-electron chi connectivity index (χ0n) is 12.2. The van der Waals surface area contributed by atoms with Crippen LogP contribution in [0.3, 0.4) is 0 Å². The van der Waals surface area contributed by atoms with Crippen LogP contribution in [0.2, 0.25) is 0 Å². The fraction of sp³-hybridized carbons (Fsp3) is 0.158. The van der Waals surface area contributed by atoms with Crippen LogP contribution in [0.1, 0.15) is 11.1 Å². The van der Waals surface area contributed by atoms with Gasteiger partial charge in [-0.3, -0.25) is 0 Å². The second-order valence-corrected chi connectivity index (χ2v) is 5.24. The van der Waals surface area contributed by atoms with Crippen molar-refractivity contribution in [3.05, 3.63) is 71.8 Å². The van der Waals surface area contributed by atoms with E-state index in [0.717, 1.165) is 17.9 Å². The smallest absolute Gasteiger partial charge is 0.128 e. The van der Waals surface area contributed by atoms with Gasteiger partial charge in [-0.15, -0.1) is 0 Å². The zero-order chi connectivity index (χ0) is 14.7. The van der Waals surface area contributed by atoms with E-state index in [9.17, 15) is 0 Å². The molecule has 3 aromatic rings. The first-order chi connectivity index (χ1) is 10.3. The molecule has 0 aliphatic rings. The molecular formula is C19H19NO. The van der Waals surface area contributed by atoms with Crippen LogP contribution < -0.4 is 10.5 Å². The Morgan fingerprint density at radius 3 is 2.33 bits per heavy atom. The van der Waals surface area contributed by atoms with E-state index in [1.54, 1.807) is 0 Å². The van der Waals surface area contributed by atoms with Crippen molar-refractivity contribution in [3.8, 4) is 11.5 Å². The van der Waals surface area contributed by atoms with Crippen LogP contribution in [0.25, 0.3) is 10.8 Å². The van der Waals surface area contributed by atoms with Gasteiger partial charge < -0.3 is 10.5 Å². The zero-order valence-corrected chi connectivity index (χ0v) is 12.2. The Morgan fingerprint density at radius 1 is 0.857 bits per heavy atom. The average Bonchev–Trinajstić information content (AvgIpc) is 2.50. The lowest BCUT2D eigenvalue weighted by molar-refractivity contribution is 0.483. The van der Waals surface area contributed by atoms with Gasteiger partial charge in [-0.1, -0.05) is 36.4 Å². The Balaban J connectivity index is 1.86. The number of aryl methyl sites for hydroxylation is 1. The van der Waals surface area contributed by atoms with Crippen LogP contribution in [0, 0.1) is 6.92 Å². The molecule has 0 aliphatic heterocycles. The Bertz CT molecular complexity index is 764. The molecule has 0 fully saturated rings. The molecule has 2 N–H and O–H groups in total. The number of ether oxygens (including phenoxy) is 1. The molecule has 21 heavy (non-hydrogen) atoms. The van der Waals surface area contributed by atoms with Gasteiger partial charge in [0.1, 0.15) is 11.5 Å². The van der Waals surface area contributed by atoms with E-state index in [0.29, 0.717) is 6.54 Å². The van der Waals surface area contributed by atoms with Gasteiger partial charge in [-0.05, 0) is 66.1 Å². The molecule has 3 aromatic carbocycles. The first kappa shape index (κ1) is 13.7. The van der Waals surface area contributed by atoms with Gasteiger partial charge in [0.25, 0.3) is 0 Å². The van der Waals surface area contributed by atoms with Crippen molar-refractivity contribution < 1.29 is 4.74 Å². The van der Waals surface area contributed by atoms with Gasteiger partial charge >= 0.3 is 0 Å². The predicted molar refractivity (Wildman–Crippen MR) is 88.0 cm³/mol. The molecule has 0 saturated heterocycles. The molecule has 0 aromatic heterocycles. The first-order valence-electron chi connectivity index (χ1n) is 7.22. The molecule has 0 unspecified atom stereocenters. The highest BCUT2D eigenvalue weighted by Gasteiger charge is 2.03. The summed E-state index contributed by atoms with van der Waals surface area (Å²) in [6.07, 6.45) is 0.905. The fourth-order valence-corrected chi connectivity index (χ4v) is 2.53. The Kier molecular flexibility index (Phi) is 3.89. The Labute approximate surface area is 125 Å². The number of rotatable bonds is 4. The quantitative estimate of drug-likeness (QED) is 0.765. The first-order valence-corrected chi connectivity index (χ1v) is 7.22. The largest absolute Gasteiger partial charge is 0.457 e. The van der Waals surface area contributed by atoms with Crippen LogP contribution in [0.15, 0.2) is 60.7 Å². The van der Waals surface area contributed by atoms with Crippen molar-refractivity contribution in [2.75, 3.05) is 6.54 Å². The van der Waals surface area contributed by atoms with E-state index in [1.165, 1.54) is 21.9 Å². The molecular weight excluding hydrogens is 258 g/mol. The molecule has 0 spiro atoms. The summed E-state index contributed by atoms with van der Waals surface area (Å²) in [5.41, 5.74) is 8.11. The molecule has 0 aliphatic carbocycles. The van der Waals surface area contributed by atoms with E-state index < -0.39 is 0 Å². The highest BCUT2D eigenvalue weighted by atomic mass is 16.5. The SMILES string of the molecule is Cc1cc(Oc2ccc3ccccc3c2)ccc1CCN. The lowest BCUT2D eigenvalue weighted by Crippen LogP contribution is -2.04. The van der Waals surface area contributed by atoms with Gasteiger partial charge in [0, 0.05) is 0 Å². The van der Waals surface area contributed by atoms with Crippen LogP contribution >= 0.6 is 0 Å². The fourth-order valence-electron chi connectivity index (χ4n) is 2.53. The van der Waals surface area contributed by atoms with E-state index in [-0.39, 0.29) is 0 Å². The molecule has 0 heterocycles. The van der Waals surface area contributed by atoms with E-state index >= 15 is 0 Å². The third kappa shape index (κ3) is 3.06. The second kappa shape index (κ2) is 5.98. The molecule has 0 atom stereocenters.